The molecule has 1 atom stereocenters. The minimum absolute atomic E-state index is 0.0765. The third-order valence-corrected chi connectivity index (χ3v) is 12.3. The molecule has 0 fully saturated rings. The number of rotatable bonds is 51. The van der Waals surface area contributed by atoms with Crippen LogP contribution < -0.4 is 0 Å². The van der Waals surface area contributed by atoms with Crippen LogP contribution in [-0.4, -0.2) is 37.2 Å². The molecule has 0 saturated heterocycles. The molecule has 0 spiro atoms. The van der Waals surface area contributed by atoms with E-state index < -0.39 is 6.10 Å². The Labute approximate surface area is 409 Å². The topological polar surface area (TPSA) is 78.9 Å². The number of hydrogen-bond donors (Lipinski definition) is 0. The van der Waals surface area contributed by atoms with E-state index >= 15 is 0 Å². The van der Waals surface area contributed by atoms with Crippen molar-refractivity contribution >= 4 is 17.9 Å². The van der Waals surface area contributed by atoms with E-state index in [1.807, 2.05) is 0 Å². The molecule has 0 amide bonds. The Bertz CT molecular complexity index is 1200. The largest absolute Gasteiger partial charge is 0.462 e. The molecule has 0 aliphatic carbocycles. The van der Waals surface area contributed by atoms with Crippen LogP contribution in [0.15, 0.2) is 60.8 Å². The van der Waals surface area contributed by atoms with Crippen LogP contribution in [0, 0.1) is 0 Å². The first-order valence-corrected chi connectivity index (χ1v) is 28.3. The molecular weight excluding hydrogens is 817 g/mol. The number of unbranched alkanes of at least 4 members (excludes halogenated alkanes) is 30. The number of allylic oxidation sites excluding steroid dienone is 10. The lowest BCUT2D eigenvalue weighted by molar-refractivity contribution is -0.167. The Morgan fingerprint density at radius 2 is 0.591 bits per heavy atom. The van der Waals surface area contributed by atoms with E-state index in [1.54, 1.807) is 0 Å². The highest BCUT2D eigenvalue weighted by molar-refractivity contribution is 5.71. The van der Waals surface area contributed by atoms with Crippen molar-refractivity contribution in [3.63, 3.8) is 0 Å². The van der Waals surface area contributed by atoms with E-state index in [0.717, 1.165) is 109 Å². The monoisotopic (exact) mass is 923 g/mol. The van der Waals surface area contributed by atoms with E-state index in [0.29, 0.717) is 19.3 Å². The zero-order valence-corrected chi connectivity index (χ0v) is 43.7. The second-order valence-corrected chi connectivity index (χ2v) is 18.8. The Hall–Kier alpha value is -2.89. The van der Waals surface area contributed by atoms with Crippen molar-refractivity contribution in [2.24, 2.45) is 0 Å². The fraction of sp³-hybridized carbons (Fsp3) is 0.783. The number of carbonyl (C=O) groups is 3. The van der Waals surface area contributed by atoms with Crippen molar-refractivity contribution in [1.82, 2.24) is 0 Å². The lowest BCUT2D eigenvalue weighted by atomic mass is 10.0. The molecule has 6 heteroatoms. The van der Waals surface area contributed by atoms with E-state index in [9.17, 15) is 14.4 Å². The molecule has 0 bridgehead atoms. The van der Waals surface area contributed by atoms with Crippen LogP contribution >= 0.6 is 0 Å². The lowest BCUT2D eigenvalue weighted by Gasteiger charge is -2.18. The molecule has 0 aliphatic heterocycles. The van der Waals surface area contributed by atoms with Crippen LogP contribution in [0.25, 0.3) is 0 Å². The van der Waals surface area contributed by atoms with Crippen molar-refractivity contribution in [2.75, 3.05) is 13.2 Å². The smallest absolute Gasteiger partial charge is 0.306 e. The summed E-state index contributed by atoms with van der Waals surface area (Å²) in [7, 11) is 0. The van der Waals surface area contributed by atoms with Gasteiger partial charge in [0.2, 0.25) is 0 Å². The average Bonchev–Trinajstić information content (AvgIpc) is 3.31. The maximum atomic E-state index is 12.8. The molecular formula is C60H106O6. The standard InChI is InChI=1S/C60H106O6/c1-4-7-10-13-16-19-22-25-27-28-29-30-31-32-34-35-38-41-44-47-50-53-59(62)65-56-57(55-64-58(61)52-49-46-43-40-37-24-21-18-15-12-9-6-3)66-60(63)54-51-48-45-42-39-36-33-26-23-20-17-14-11-8-5-2/h7,10,16,19,25,27,29-30,32,34,57H,4-6,8-9,11-15,17-18,20-24,26,28,31,33,35-56H2,1-3H3/b10-7-,19-16-,27-25-,30-29-,34-32-. The molecule has 382 valence electrons. The molecule has 0 saturated carbocycles. The molecule has 0 N–H and O–H groups in total. The third-order valence-electron chi connectivity index (χ3n) is 12.3. The molecule has 66 heavy (non-hydrogen) atoms. The summed E-state index contributed by atoms with van der Waals surface area (Å²) in [6.45, 7) is 6.53. The number of esters is 3. The fourth-order valence-electron chi connectivity index (χ4n) is 8.06. The van der Waals surface area contributed by atoms with Crippen molar-refractivity contribution in [3.8, 4) is 0 Å². The second kappa shape index (κ2) is 54.7. The maximum Gasteiger partial charge on any atom is 0.306 e. The summed E-state index contributed by atoms with van der Waals surface area (Å²) in [6, 6.07) is 0. The second-order valence-electron chi connectivity index (χ2n) is 18.8. The third kappa shape index (κ3) is 52.1. The van der Waals surface area contributed by atoms with Crippen LogP contribution in [0.5, 0.6) is 0 Å². The van der Waals surface area contributed by atoms with E-state index in [2.05, 4.69) is 81.5 Å². The molecule has 0 aliphatic rings. The normalized spacial score (nSPS) is 12.5. The van der Waals surface area contributed by atoms with Gasteiger partial charge < -0.3 is 14.2 Å². The first-order valence-electron chi connectivity index (χ1n) is 28.3. The Balaban J connectivity index is 4.36. The first-order chi connectivity index (χ1) is 32.5. The number of hydrogen-bond acceptors (Lipinski definition) is 6. The fourth-order valence-corrected chi connectivity index (χ4v) is 8.06. The summed E-state index contributed by atoms with van der Waals surface area (Å²) >= 11 is 0. The van der Waals surface area contributed by atoms with E-state index in [-0.39, 0.29) is 31.1 Å². The van der Waals surface area contributed by atoms with E-state index in [1.165, 1.54) is 135 Å². The SMILES string of the molecule is CC/C=C\C/C=C\C/C=C\C/C=C\C/C=C\CCCCCCCC(=O)OCC(COC(=O)CCCCCCCCCCCCCC)OC(=O)CCCCCCCCCCCCCCCCC. The molecule has 6 nitrogen and oxygen atoms in total. The summed E-state index contributed by atoms with van der Waals surface area (Å²) in [5, 5.41) is 0. The van der Waals surface area contributed by atoms with Crippen molar-refractivity contribution in [1.29, 1.82) is 0 Å². The molecule has 1 unspecified atom stereocenters. The maximum absolute atomic E-state index is 12.8. The summed E-state index contributed by atoms with van der Waals surface area (Å²) < 4.78 is 16.8. The van der Waals surface area contributed by atoms with Crippen molar-refractivity contribution < 1.29 is 28.6 Å². The van der Waals surface area contributed by atoms with Crippen molar-refractivity contribution in [2.45, 2.75) is 290 Å². The van der Waals surface area contributed by atoms with Crippen molar-refractivity contribution in [3.05, 3.63) is 60.8 Å². The molecule has 0 aromatic carbocycles. The summed E-state index contributed by atoms with van der Waals surface area (Å²) in [5.41, 5.74) is 0. The molecule has 0 radical (unpaired) electrons. The molecule has 0 aromatic heterocycles. The highest BCUT2D eigenvalue weighted by Gasteiger charge is 2.19. The van der Waals surface area contributed by atoms with Gasteiger partial charge in [0.25, 0.3) is 0 Å². The van der Waals surface area contributed by atoms with Gasteiger partial charge in [0.1, 0.15) is 13.2 Å². The predicted octanol–water partition coefficient (Wildman–Crippen LogP) is 18.8. The van der Waals surface area contributed by atoms with E-state index in [4.69, 9.17) is 14.2 Å². The van der Waals surface area contributed by atoms with Crippen LogP contribution in [-0.2, 0) is 28.6 Å². The van der Waals surface area contributed by atoms with Gasteiger partial charge in [0.15, 0.2) is 6.10 Å². The van der Waals surface area contributed by atoms with Gasteiger partial charge >= 0.3 is 17.9 Å². The zero-order valence-electron chi connectivity index (χ0n) is 43.7. The number of ether oxygens (including phenoxy) is 3. The zero-order chi connectivity index (χ0) is 47.9. The van der Waals surface area contributed by atoms with Gasteiger partial charge in [-0.25, -0.2) is 0 Å². The first kappa shape index (κ1) is 63.1. The quantitative estimate of drug-likeness (QED) is 0.0262. The molecule has 0 rings (SSSR count). The summed E-state index contributed by atoms with van der Waals surface area (Å²) in [4.78, 5) is 38.1. The highest BCUT2D eigenvalue weighted by atomic mass is 16.6. The Morgan fingerprint density at radius 1 is 0.318 bits per heavy atom. The van der Waals surface area contributed by atoms with Gasteiger partial charge in [-0.15, -0.1) is 0 Å². The Kier molecular flexibility index (Phi) is 52.3. The van der Waals surface area contributed by atoms with Gasteiger partial charge in [0, 0.05) is 19.3 Å². The van der Waals surface area contributed by atoms with Gasteiger partial charge in [-0.2, -0.15) is 0 Å². The lowest BCUT2D eigenvalue weighted by Crippen LogP contribution is -2.30. The van der Waals surface area contributed by atoms with Crippen LogP contribution in [0.4, 0.5) is 0 Å². The molecule has 0 aromatic rings. The van der Waals surface area contributed by atoms with Gasteiger partial charge in [-0.05, 0) is 64.2 Å². The Morgan fingerprint density at radius 3 is 0.924 bits per heavy atom. The van der Waals surface area contributed by atoms with Crippen LogP contribution in [0.1, 0.15) is 284 Å². The predicted molar refractivity (Wildman–Crippen MR) is 284 cm³/mol. The minimum Gasteiger partial charge on any atom is -0.462 e. The molecule has 0 heterocycles. The number of carbonyl (C=O) groups excluding carboxylic acids is 3. The minimum atomic E-state index is -0.778. The highest BCUT2D eigenvalue weighted by Crippen LogP contribution is 2.16. The van der Waals surface area contributed by atoms with Gasteiger partial charge in [0.05, 0.1) is 0 Å². The van der Waals surface area contributed by atoms with Gasteiger partial charge in [-0.1, -0.05) is 261 Å². The van der Waals surface area contributed by atoms with Crippen LogP contribution in [0.3, 0.4) is 0 Å². The van der Waals surface area contributed by atoms with Gasteiger partial charge in [-0.3, -0.25) is 14.4 Å². The van der Waals surface area contributed by atoms with Crippen LogP contribution in [0.2, 0.25) is 0 Å². The average molecular weight is 924 g/mol. The summed E-state index contributed by atoms with van der Waals surface area (Å²) in [6.07, 6.45) is 67.8. The summed E-state index contributed by atoms with van der Waals surface area (Å²) in [5.74, 6) is -0.884.